The lowest BCUT2D eigenvalue weighted by Gasteiger charge is -2.57. The lowest BCUT2D eigenvalue weighted by Crippen LogP contribution is -2.51. The Hall–Kier alpha value is 0.500. The standard InChI is InChI=1S/C25H40Cl2O2/c26-17-5-11-23-21(13-17)22-14-18(27)6-12-24(22)25(23,15-1-7-19(28)8-2-15)16-3-9-20(29)10-4-16/h15-24,28-29H,1-14H2. The predicted molar refractivity (Wildman–Crippen MR) is 119 cm³/mol. The molecule has 166 valence electrons. The molecular formula is C25H40Cl2O2. The van der Waals surface area contributed by atoms with Crippen molar-refractivity contribution in [1.82, 2.24) is 0 Å². The molecule has 0 aromatic heterocycles. The lowest BCUT2D eigenvalue weighted by molar-refractivity contribution is -0.0921. The van der Waals surface area contributed by atoms with Crippen molar-refractivity contribution in [3.05, 3.63) is 0 Å². The molecule has 2 N–H and O–H groups in total. The van der Waals surface area contributed by atoms with Crippen LogP contribution in [-0.2, 0) is 0 Å². The van der Waals surface area contributed by atoms with Crippen LogP contribution in [-0.4, -0.2) is 33.2 Å². The number of halogens is 2. The number of aliphatic hydroxyl groups is 2. The van der Waals surface area contributed by atoms with Crippen molar-refractivity contribution >= 4 is 23.2 Å². The van der Waals surface area contributed by atoms with Crippen molar-refractivity contribution < 1.29 is 10.2 Å². The van der Waals surface area contributed by atoms with Crippen LogP contribution >= 0.6 is 23.2 Å². The van der Waals surface area contributed by atoms with Crippen LogP contribution in [0.15, 0.2) is 0 Å². The summed E-state index contributed by atoms with van der Waals surface area (Å²) in [7, 11) is 0. The molecule has 0 spiro atoms. The number of alkyl halides is 2. The maximum atomic E-state index is 10.3. The molecule has 0 aromatic carbocycles. The second-order valence-electron chi connectivity index (χ2n) is 11.4. The first kappa shape index (κ1) is 21.4. The third-order valence-corrected chi connectivity index (χ3v) is 11.1. The van der Waals surface area contributed by atoms with Crippen molar-refractivity contribution in [1.29, 1.82) is 0 Å². The smallest absolute Gasteiger partial charge is 0.0540 e. The monoisotopic (exact) mass is 442 g/mol. The van der Waals surface area contributed by atoms with Gasteiger partial charge in [0.1, 0.15) is 0 Å². The minimum absolute atomic E-state index is 0.0818. The Balaban J connectivity index is 1.55. The molecule has 5 saturated carbocycles. The second kappa shape index (κ2) is 8.45. The largest absolute Gasteiger partial charge is 0.393 e. The van der Waals surface area contributed by atoms with E-state index >= 15 is 0 Å². The molecule has 5 fully saturated rings. The molecule has 5 aliphatic carbocycles. The van der Waals surface area contributed by atoms with Crippen molar-refractivity contribution in [2.45, 2.75) is 113 Å². The van der Waals surface area contributed by atoms with Crippen LogP contribution in [0.5, 0.6) is 0 Å². The van der Waals surface area contributed by atoms with E-state index in [1.54, 1.807) is 0 Å². The lowest BCUT2D eigenvalue weighted by atomic mass is 9.48. The average Bonchev–Trinajstić information content (AvgIpc) is 2.99. The van der Waals surface area contributed by atoms with Crippen molar-refractivity contribution in [3.8, 4) is 0 Å². The summed E-state index contributed by atoms with van der Waals surface area (Å²) in [5, 5.41) is 21.2. The van der Waals surface area contributed by atoms with Gasteiger partial charge in [-0.25, -0.2) is 0 Å². The summed E-state index contributed by atoms with van der Waals surface area (Å²) >= 11 is 13.5. The van der Waals surface area contributed by atoms with Crippen LogP contribution in [0.3, 0.4) is 0 Å². The highest BCUT2D eigenvalue weighted by molar-refractivity contribution is 6.21. The molecule has 0 amide bonds. The Morgan fingerprint density at radius 2 is 0.897 bits per heavy atom. The van der Waals surface area contributed by atoms with E-state index in [1.807, 2.05) is 0 Å². The van der Waals surface area contributed by atoms with E-state index in [2.05, 4.69) is 0 Å². The Kier molecular flexibility index (Phi) is 6.22. The first-order valence-electron chi connectivity index (χ1n) is 12.6. The first-order valence-corrected chi connectivity index (χ1v) is 13.5. The fourth-order valence-corrected chi connectivity index (χ4v) is 10.1. The van der Waals surface area contributed by atoms with Gasteiger partial charge in [-0.1, -0.05) is 0 Å². The maximum Gasteiger partial charge on any atom is 0.0540 e. The summed E-state index contributed by atoms with van der Waals surface area (Å²) in [6, 6.07) is 0. The molecule has 5 rings (SSSR count). The molecule has 6 unspecified atom stereocenters. The molecule has 29 heavy (non-hydrogen) atoms. The summed E-state index contributed by atoms with van der Waals surface area (Å²) in [5.41, 5.74) is 0.420. The maximum absolute atomic E-state index is 10.3. The third kappa shape index (κ3) is 3.61. The molecular weight excluding hydrogens is 403 g/mol. The van der Waals surface area contributed by atoms with Gasteiger partial charge in [-0.05, 0) is 131 Å². The van der Waals surface area contributed by atoms with Gasteiger partial charge in [-0.3, -0.25) is 0 Å². The van der Waals surface area contributed by atoms with Crippen molar-refractivity contribution in [2.75, 3.05) is 0 Å². The highest BCUT2D eigenvalue weighted by Gasteiger charge is 2.66. The molecule has 0 heterocycles. The van der Waals surface area contributed by atoms with E-state index in [4.69, 9.17) is 23.2 Å². The van der Waals surface area contributed by atoms with Crippen LogP contribution < -0.4 is 0 Å². The summed E-state index contributed by atoms with van der Waals surface area (Å²) in [5.74, 6) is 4.64. The number of aliphatic hydroxyl groups excluding tert-OH is 2. The fraction of sp³-hybridized carbons (Fsp3) is 1.00. The Labute approximate surface area is 187 Å². The van der Waals surface area contributed by atoms with Gasteiger partial charge in [0, 0.05) is 10.8 Å². The molecule has 4 heteroatoms. The quantitative estimate of drug-likeness (QED) is 0.504. The Morgan fingerprint density at radius 3 is 1.28 bits per heavy atom. The van der Waals surface area contributed by atoms with Crippen molar-refractivity contribution in [2.24, 2.45) is 40.9 Å². The molecule has 0 saturated heterocycles. The molecule has 0 aliphatic heterocycles. The molecule has 2 nitrogen and oxygen atoms in total. The van der Waals surface area contributed by atoms with Crippen LogP contribution in [0.2, 0.25) is 0 Å². The minimum atomic E-state index is -0.0818. The van der Waals surface area contributed by atoms with E-state index < -0.39 is 0 Å². The first-order chi connectivity index (χ1) is 14.0. The normalized spacial score (nSPS) is 55.9. The van der Waals surface area contributed by atoms with Gasteiger partial charge in [0.15, 0.2) is 0 Å². The summed E-state index contributed by atoms with van der Waals surface area (Å²) < 4.78 is 0. The second-order valence-corrected chi connectivity index (χ2v) is 12.6. The van der Waals surface area contributed by atoms with Crippen molar-refractivity contribution in [3.63, 3.8) is 0 Å². The van der Waals surface area contributed by atoms with Crippen LogP contribution in [0.4, 0.5) is 0 Å². The van der Waals surface area contributed by atoms with E-state index in [1.165, 1.54) is 64.2 Å². The van der Waals surface area contributed by atoms with E-state index in [-0.39, 0.29) is 12.2 Å². The van der Waals surface area contributed by atoms with Gasteiger partial charge in [0.25, 0.3) is 0 Å². The average molecular weight is 443 g/mol. The van der Waals surface area contributed by atoms with Gasteiger partial charge in [-0.15, -0.1) is 23.2 Å². The minimum Gasteiger partial charge on any atom is -0.393 e. The van der Waals surface area contributed by atoms with Gasteiger partial charge in [0.05, 0.1) is 12.2 Å². The van der Waals surface area contributed by atoms with Gasteiger partial charge in [-0.2, -0.15) is 0 Å². The Bertz CT molecular complexity index is 517. The fourth-order valence-electron chi connectivity index (χ4n) is 9.46. The molecule has 6 atom stereocenters. The zero-order valence-electron chi connectivity index (χ0n) is 17.8. The third-order valence-electron chi connectivity index (χ3n) is 10.3. The van der Waals surface area contributed by atoms with E-state index in [0.29, 0.717) is 16.2 Å². The number of hydrogen-bond donors (Lipinski definition) is 2. The summed E-state index contributed by atoms with van der Waals surface area (Å²) in [6.07, 6.45) is 16.0. The van der Waals surface area contributed by atoms with E-state index in [9.17, 15) is 10.2 Å². The van der Waals surface area contributed by atoms with E-state index in [0.717, 1.165) is 61.2 Å². The zero-order valence-corrected chi connectivity index (χ0v) is 19.3. The SMILES string of the molecule is OC1CCC(C2(C3CCC(O)CC3)C3CCC(Cl)CC3C3CC(Cl)CCC32)CC1. The number of hydrogen-bond acceptors (Lipinski definition) is 2. The topological polar surface area (TPSA) is 40.5 Å². The summed E-state index contributed by atoms with van der Waals surface area (Å²) in [6.45, 7) is 0. The Morgan fingerprint density at radius 1 is 0.517 bits per heavy atom. The number of fused-ring (bicyclic) bond motifs is 3. The highest BCUT2D eigenvalue weighted by atomic mass is 35.5. The van der Waals surface area contributed by atoms with Gasteiger partial charge < -0.3 is 10.2 Å². The highest BCUT2D eigenvalue weighted by Crippen LogP contribution is 2.72. The van der Waals surface area contributed by atoms with Gasteiger partial charge in [0.2, 0.25) is 0 Å². The molecule has 0 aromatic rings. The molecule has 5 aliphatic rings. The van der Waals surface area contributed by atoms with Crippen LogP contribution in [0.1, 0.15) is 89.9 Å². The number of rotatable bonds is 2. The van der Waals surface area contributed by atoms with Crippen LogP contribution in [0.25, 0.3) is 0 Å². The molecule has 0 bridgehead atoms. The molecule has 0 radical (unpaired) electrons. The predicted octanol–water partition coefficient (Wildman–Crippen LogP) is 6.14. The van der Waals surface area contributed by atoms with Crippen LogP contribution in [0, 0.1) is 40.9 Å². The van der Waals surface area contributed by atoms with Gasteiger partial charge >= 0.3 is 0 Å². The zero-order chi connectivity index (χ0) is 20.2. The summed E-state index contributed by atoms with van der Waals surface area (Å²) in [4.78, 5) is 0.